The highest BCUT2D eigenvalue weighted by Crippen LogP contribution is 2.29. The number of carbonyl (C=O) groups excluding carboxylic acids is 1. The first-order valence-electron chi connectivity index (χ1n) is 11.4. The maximum absolute atomic E-state index is 13.5. The van der Waals surface area contributed by atoms with Gasteiger partial charge in [0.15, 0.2) is 0 Å². The number of benzene rings is 2. The molecule has 0 aliphatic carbocycles. The van der Waals surface area contributed by atoms with Crippen molar-refractivity contribution in [3.8, 4) is 0 Å². The average molecular weight is 534 g/mol. The molecule has 0 unspecified atom stereocenters. The number of hydrogen-bond acceptors (Lipinski definition) is 6. The molecular formula is C25H28ClN3O6S. The van der Waals surface area contributed by atoms with Gasteiger partial charge in [-0.15, -0.1) is 0 Å². The number of carbonyl (C=O) groups is 1. The van der Waals surface area contributed by atoms with E-state index in [1.54, 1.807) is 17.0 Å². The van der Waals surface area contributed by atoms with Crippen LogP contribution in [0, 0.1) is 16.0 Å². The topological polar surface area (TPSA) is 114 Å². The number of nitro benzene ring substituents is 1. The Kier molecular flexibility index (Phi) is 9.25. The van der Waals surface area contributed by atoms with Gasteiger partial charge in [-0.1, -0.05) is 55.8 Å². The lowest BCUT2D eigenvalue weighted by Crippen LogP contribution is -2.44. The van der Waals surface area contributed by atoms with Crippen molar-refractivity contribution >= 4 is 33.2 Å². The van der Waals surface area contributed by atoms with E-state index in [4.69, 9.17) is 16.0 Å². The van der Waals surface area contributed by atoms with Gasteiger partial charge in [0.05, 0.1) is 29.2 Å². The monoisotopic (exact) mass is 533 g/mol. The molecule has 0 aliphatic heterocycles. The fourth-order valence-electron chi connectivity index (χ4n) is 3.64. The number of nitro groups is 1. The van der Waals surface area contributed by atoms with Gasteiger partial charge in [0, 0.05) is 19.2 Å². The first-order chi connectivity index (χ1) is 17.1. The number of rotatable bonds is 12. The van der Waals surface area contributed by atoms with Crippen LogP contribution in [0.15, 0.2) is 76.2 Å². The molecule has 0 spiro atoms. The van der Waals surface area contributed by atoms with Crippen LogP contribution >= 0.6 is 11.6 Å². The Labute approximate surface area is 215 Å². The zero-order valence-corrected chi connectivity index (χ0v) is 21.6. The molecule has 11 heteroatoms. The lowest BCUT2D eigenvalue weighted by molar-refractivity contribution is -0.384. The average Bonchev–Trinajstić information content (AvgIpc) is 3.34. The molecule has 1 aromatic heterocycles. The molecule has 0 N–H and O–H groups in total. The molecule has 0 aliphatic rings. The van der Waals surface area contributed by atoms with E-state index in [2.05, 4.69) is 0 Å². The van der Waals surface area contributed by atoms with Crippen LogP contribution in [0.25, 0.3) is 0 Å². The molecule has 192 valence electrons. The van der Waals surface area contributed by atoms with Gasteiger partial charge in [-0.3, -0.25) is 14.9 Å². The quantitative estimate of drug-likeness (QED) is 0.245. The van der Waals surface area contributed by atoms with Crippen LogP contribution in [0.5, 0.6) is 0 Å². The van der Waals surface area contributed by atoms with E-state index in [9.17, 15) is 23.3 Å². The predicted molar refractivity (Wildman–Crippen MR) is 136 cm³/mol. The van der Waals surface area contributed by atoms with Gasteiger partial charge in [-0.05, 0) is 42.2 Å². The molecule has 0 bridgehead atoms. The lowest BCUT2D eigenvalue weighted by atomic mass is 10.1. The molecular weight excluding hydrogens is 506 g/mol. The Balaban J connectivity index is 1.87. The lowest BCUT2D eigenvalue weighted by Gasteiger charge is -2.28. The number of sulfonamides is 1. The van der Waals surface area contributed by atoms with Crippen molar-refractivity contribution in [3.63, 3.8) is 0 Å². The summed E-state index contributed by atoms with van der Waals surface area (Å²) in [5.41, 5.74) is 0.519. The molecule has 0 saturated heterocycles. The Morgan fingerprint density at radius 1 is 1.11 bits per heavy atom. The van der Waals surface area contributed by atoms with E-state index in [0.717, 1.165) is 15.9 Å². The molecule has 36 heavy (non-hydrogen) atoms. The normalized spacial score (nSPS) is 11.7. The minimum absolute atomic E-state index is 0.0533. The van der Waals surface area contributed by atoms with E-state index in [0.29, 0.717) is 18.7 Å². The Morgan fingerprint density at radius 3 is 2.44 bits per heavy atom. The molecule has 1 amide bonds. The van der Waals surface area contributed by atoms with Gasteiger partial charge < -0.3 is 9.32 Å². The largest absolute Gasteiger partial charge is 0.467 e. The fraction of sp³-hybridized carbons (Fsp3) is 0.320. The molecule has 0 atom stereocenters. The van der Waals surface area contributed by atoms with Crippen LogP contribution in [0.3, 0.4) is 0 Å². The summed E-state index contributed by atoms with van der Waals surface area (Å²) in [6.07, 6.45) is 2.09. The summed E-state index contributed by atoms with van der Waals surface area (Å²) >= 11 is 5.86. The van der Waals surface area contributed by atoms with Crippen LogP contribution in [-0.2, 0) is 27.8 Å². The van der Waals surface area contributed by atoms with E-state index < -0.39 is 33.1 Å². The summed E-state index contributed by atoms with van der Waals surface area (Å²) in [6.45, 7) is 3.82. The summed E-state index contributed by atoms with van der Waals surface area (Å²) in [5, 5.41) is 11.1. The van der Waals surface area contributed by atoms with Crippen LogP contribution in [-0.4, -0.2) is 48.1 Å². The summed E-state index contributed by atoms with van der Waals surface area (Å²) in [4.78, 5) is 25.3. The zero-order valence-electron chi connectivity index (χ0n) is 20.0. The summed E-state index contributed by atoms with van der Waals surface area (Å²) < 4.78 is 33.4. The van der Waals surface area contributed by atoms with Crippen molar-refractivity contribution in [1.29, 1.82) is 0 Å². The van der Waals surface area contributed by atoms with Crippen LogP contribution < -0.4 is 0 Å². The second-order valence-corrected chi connectivity index (χ2v) is 11.0. The number of furan rings is 1. The molecule has 2 aromatic carbocycles. The predicted octanol–water partition coefficient (Wildman–Crippen LogP) is 4.76. The van der Waals surface area contributed by atoms with Crippen LogP contribution in [0.2, 0.25) is 5.02 Å². The van der Waals surface area contributed by atoms with Crippen molar-refractivity contribution in [2.75, 3.05) is 19.6 Å². The summed E-state index contributed by atoms with van der Waals surface area (Å²) in [5.74, 6) is 0.0655. The van der Waals surface area contributed by atoms with Gasteiger partial charge in [-0.25, -0.2) is 8.42 Å². The second kappa shape index (κ2) is 12.2. The molecule has 0 fully saturated rings. The van der Waals surface area contributed by atoms with Gasteiger partial charge in [-0.2, -0.15) is 4.31 Å². The first-order valence-corrected chi connectivity index (χ1v) is 13.2. The van der Waals surface area contributed by atoms with Crippen molar-refractivity contribution < 1.29 is 22.6 Å². The highest BCUT2D eigenvalue weighted by Gasteiger charge is 2.31. The second-order valence-electron chi connectivity index (χ2n) is 8.69. The van der Waals surface area contributed by atoms with E-state index in [-0.39, 0.29) is 28.9 Å². The van der Waals surface area contributed by atoms with Gasteiger partial charge in [0.1, 0.15) is 10.8 Å². The van der Waals surface area contributed by atoms with E-state index in [1.165, 1.54) is 18.4 Å². The van der Waals surface area contributed by atoms with Crippen LogP contribution in [0.4, 0.5) is 5.69 Å². The smallest absolute Gasteiger partial charge is 0.289 e. The third kappa shape index (κ3) is 7.16. The highest BCUT2D eigenvalue weighted by molar-refractivity contribution is 7.89. The van der Waals surface area contributed by atoms with Crippen molar-refractivity contribution in [1.82, 2.24) is 9.21 Å². The highest BCUT2D eigenvalue weighted by atomic mass is 35.5. The zero-order chi connectivity index (χ0) is 26.3. The standard InChI is InChI=1S/C25H28ClN3O6S/c1-19(2)16-28(36(33,34)22-10-11-23(26)24(15-22)29(31)32)18-25(30)27(17-21-9-6-14-35-21)13-12-20-7-4-3-5-8-20/h3-11,14-15,19H,12-13,16-18H2,1-2H3. The number of halogens is 1. The van der Waals surface area contributed by atoms with Gasteiger partial charge in [0.2, 0.25) is 15.9 Å². The van der Waals surface area contributed by atoms with Gasteiger partial charge >= 0.3 is 0 Å². The molecule has 3 rings (SSSR count). The Hall–Kier alpha value is -3.21. The molecule has 1 heterocycles. The third-order valence-corrected chi connectivity index (χ3v) is 7.55. The molecule has 0 saturated carbocycles. The van der Waals surface area contributed by atoms with E-state index in [1.807, 2.05) is 44.2 Å². The summed E-state index contributed by atoms with van der Waals surface area (Å²) in [6, 6.07) is 16.4. The van der Waals surface area contributed by atoms with Crippen molar-refractivity contribution in [2.24, 2.45) is 5.92 Å². The Morgan fingerprint density at radius 2 is 1.83 bits per heavy atom. The fourth-order valence-corrected chi connectivity index (χ4v) is 5.40. The molecule has 0 radical (unpaired) electrons. The van der Waals surface area contributed by atoms with E-state index >= 15 is 0 Å². The summed E-state index contributed by atoms with van der Waals surface area (Å²) in [7, 11) is -4.23. The maximum atomic E-state index is 13.5. The number of hydrogen-bond donors (Lipinski definition) is 0. The van der Waals surface area contributed by atoms with Crippen molar-refractivity contribution in [3.05, 3.63) is 93.4 Å². The number of amides is 1. The van der Waals surface area contributed by atoms with Gasteiger partial charge in [0.25, 0.3) is 5.69 Å². The Bertz CT molecular complexity index is 1280. The number of nitrogens with zero attached hydrogens (tertiary/aromatic N) is 3. The molecule has 9 nitrogen and oxygen atoms in total. The van der Waals surface area contributed by atoms with Crippen LogP contribution in [0.1, 0.15) is 25.2 Å². The minimum atomic E-state index is -4.23. The molecule has 3 aromatic rings. The van der Waals surface area contributed by atoms with Crippen molar-refractivity contribution in [2.45, 2.75) is 31.7 Å². The SMILES string of the molecule is CC(C)CN(CC(=O)N(CCc1ccccc1)Cc1ccco1)S(=O)(=O)c1ccc(Cl)c([N+](=O)[O-])c1. The minimum Gasteiger partial charge on any atom is -0.467 e. The first kappa shape index (κ1) is 27.4. The third-order valence-electron chi connectivity index (χ3n) is 5.43. The maximum Gasteiger partial charge on any atom is 0.289 e.